The van der Waals surface area contributed by atoms with Crippen molar-refractivity contribution < 1.29 is 14.3 Å². The summed E-state index contributed by atoms with van der Waals surface area (Å²) >= 11 is 0. The average molecular weight is 242 g/mol. The van der Waals surface area contributed by atoms with Crippen LogP contribution >= 0.6 is 0 Å². The summed E-state index contributed by atoms with van der Waals surface area (Å²) in [5.74, 6) is 0. The first-order chi connectivity index (χ1) is 8.34. The molecule has 98 valence electrons. The summed E-state index contributed by atoms with van der Waals surface area (Å²) in [7, 11) is 0. The van der Waals surface area contributed by atoms with Crippen molar-refractivity contribution in [3.63, 3.8) is 0 Å². The SMILES string of the molecule is O=C(NCCC1CCCCO1)NC1CCOC1. The summed E-state index contributed by atoms with van der Waals surface area (Å²) in [4.78, 5) is 11.5. The van der Waals surface area contributed by atoms with Gasteiger partial charge in [-0.1, -0.05) is 0 Å². The molecule has 2 heterocycles. The lowest BCUT2D eigenvalue weighted by molar-refractivity contribution is 0.0120. The molecule has 0 saturated carbocycles. The number of carbonyl (C=O) groups is 1. The molecule has 0 aromatic heterocycles. The van der Waals surface area contributed by atoms with E-state index in [-0.39, 0.29) is 12.1 Å². The first-order valence-corrected chi connectivity index (χ1v) is 6.58. The Labute approximate surface area is 102 Å². The molecule has 17 heavy (non-hydrogen) atoms. The standard InChI is InChI=1S/C12H22N2O3/c15-12(14-10-5-8-16-9-10)13-6-4-11-3-1-2-7-17-11/h10-11H,1-9H2,(H2,13,14,15). The largest absolute Gasteiger partial charge is 0.379 e. The fourth-order valence-corrected chi connectivity index (χ4v) is 2.27. The summed E-state index contributed by atoms with van der Waals surface area (Å²) in [6.45, 7) is 2.94. The third-order valence-corrected chi connectivity index (χ3v) is 3.29. The molecule has 2 atom stereocenters. The lowest BCUT2D eigenvalue weighted by atomic mass is 10.1. The van der Waals surface area contributed by atoms with Crippen LogP contribution in [0.5, 0.6) is 0 Å². The van der Waals surface area contributed by atoms with Crippen molar-refractivity contribution in [2.24, 2.45) is 0 Å². The number of rotatable bonds is 4. The Kier molecular flexibility index (Phi) is 5.07. The van der Waals surface area contributed by atoms with E-state index in [1.807, 2.05) is 0 Å². The second-order valence-electron chi connectivity index (χ2n) is 4.74. The van der Waals surface area contributed by atoms with Crippen molar-refractivity contribution in [3.8, 4) is 0 Å². The number of urea groups is 1. The van der Waals surface area contributed by atoms with Crippen LogP contribution < -0.4 is 10.6 Å². The highest BCUT2D eigenvalue weighted by molar-refractivity contribution is 5.74. The second-order valence-corrected chi connectivity index (χ2v) is 4.74. The Balaban J connectivity index is 1.53. The van der Waals surface area contributed by atoms with E-state index < -0.39 is 0 Å². The normalized spacial score (nSPS) is 28.9. The molecule has 2 saturated heterocycles. The van der Waals surface area contributed by atoms with Gasteiger partial charge in [-0.25, -0.2) is 4.79 Å². The molecule has 5 heteroatoms. The maximum Gasteiger partial charge on any atom is 0.315 e. The predicted molar refractivity (Wildman–Crippen MR) is 64.0 cm³/mol. The van der Waals surface area contributed by atoms with Crippen molar-refractivity contribution in [1.82, 2.24) is 10.6 Å². The van der Waals surface area contributed by atoms with Crippen molar-refractivity contribution in [3.05, 3.63) is 0 Å². The third kappa shape index (κ3) is 4.52. The van der Waals surface area contributed by atoms with Crippen molar-refractivity contribution in [1.29, 1.82) is 0 Å². The molecule has 0 aromatic rings. The zero-order valence-corrected chi connectivity index (χ0v) is 10.2. The Morgan fingerprint density at radius 1 is 1.24 bits per heavy atom. The second kappa shape index (κ2) is 6.81. The highest BCUT2D eigenvalue weighted by Gasteiger charge is 2.18. The zero-order chi connectivity index (χ0) is 11.9. The molecule has 2 N–H and O–H groups in total. The van der Waals surface area contributed by atoms with Crippen molar-refractivity contribution in [2.45, 2.75) is 44.2 Å². The maximum absolute atomic E-state index is 11.5. The average Bonchev–Trinajstić information content (AvgIpc) is 2.83. The van der Waals surface area contributed by atoms with Gasteiger partial charge in [0.05, 0.1) is 18.8 Å². The molecule has 0 aromatic carbocycles. The fourth-order valence-electron chi connectivity index (χ4n) is 2.27. The van der Waals surface area contributed by atoms with E-state index in [0.29, 0.717) is 19.3 Å². The van der Waals surface area contributed by atoms with E-state index in [1.165, 1.54) is 12.8 Å². The minimum atomic E-state index is -0.0868. The van der Waals surface area contributed by atoms with Crippen LogP contribution in [0.4, 0.5) is 4.79 Å². The molecule has 0 aliphatic carbocycles. The van der Waals surface area contributed by atoms with Gasteiger partial charge in [-0.05, 0) is 32.1 Å². The smallest absolute Gasteiger partial charge is 0.315 e. The number of nitrogens with one attached hydrogen (secondary N) is 2. The van der Waals surface area contributed by atoms with E-state index in [4.69, 9.17) is 9.47 Å². The molecule has 2 rings (SSSR count). The quantitative estimate of drug-likeness (QED) is 0.774. The molecule has 2 aliphatic heterocycles. The Bertz CT molecular complexity index is 236. The van der Waals surface area contributed by atoms with Crippen LogP contribution in [0.15, 0.2) is 0 Å². The van der Waals surface area contributed by atoms with E-state index in [2.05, 4.69) is 10.6 Å². The van der Waals surface area contributed by atoms with Crippen molar-refractivity contribution in [2.75, 3.05) is 26.4 Å². The van der Waals surface area contributed by atoms with Crippen LogP contribution in [0.25, 0.3) is 0 Å². The van der Waals surface area contributed by atoms with Gasteiger partial charge in [0.15, 0.2) is 0 Å². The van der Waals surface area contributed by atoms with Gasteiger partial charge >= 0.3 is 6.03 Å². The van der Waals surface area contributed by atoms with Crippen LogP contribution in [0.1, 0.15) is 32.1 Å². The van der Waals surface area contributed by atoms with Gasteiger partial charge in [-0.3, -0.25) is 0 Å². The molecule has 0 bridgehead atoms. The Hall–Kier alpha value is -0.810. The number of ether oxygens (including phenoxy) is 2. The topological polar surface area (TPSA) is 59.6 Å². The maximum atomic E-state index is 11.5. The molecule has 2 aliphatic rings. The molecule has 0 radical (unpaired) electrons. The number of hydrogen-bond donors (Lipinski definition) is 2. The first-order valence-electron chi connectivity index (χ1n) is 6.58. The first kappa shape index (κ1) is 12.6. The lowest BCUT2D eigenvalue weighted by Gasteiger charge is -2.22. The van der Waals surface area contributed by atoms with E-state index in [9.17, 15) is 4.79 Å². The highest BCUT2D eigenvalue weighted by Crippen LogP contribution is 2.14. The molecule has 2 fully saturated rings. The summed E-state index contributed by atoms with van der Waals surface area (Å²) in [6, 6.07) is 0.0947. The summed E-state index contributed by atoms with van der Waals surface area (Å²) in [6.07, 6.45) is 5.70. The van der Waals surface area contributed by atoms with Gasteiger partial charge in [0, 0.05) is 19.8 Å². The predicted octanol–water partition coefficient (Wildman–Crippen LogP) is 1.03. The molecule has 2 unspecified atom stereocenters. The number of amides is 2. The van der Waals surface area contributed by atoms with Crippen LogP contribution in [-0.4, -0.2) is 44.5 Å². The lowest BCUT2D eigenvalue weighted by Crippen LogP contribution is -2.43. The molecular weight excluding hydrogens is 220 g/mol. The van der Waals surface area contributed by atoms with Gasteiger partial charge in [0.1, 0.15) is 0 Å². The molecule has 0 spiro atoms. The zero-order valence-electron chi connectivity index (χ0n) is 10.2. The van der Waals surface area contributed by atoms with Gasteiger partial charge in [-0.2, -0.15) is 0 Å². The van der Waals surface area contributed by atoms with Gasteiger partial charge < -0.3 is 20.1 Å². The van der Waals surface area contributed by atoms with Crippen LogP contribution in [0.3, 0.4) is 0 Å². The summed E-state index contributed by atoms with van der Waals surface area (Å²) in [5.41, 5.74) is 0. The number of hydrogen-bond acceptors (Lipinski definition) is 3. The van der Waals surface area contributed by atoms with E-state index in [1.54, 1.807) is 0 Å². The number of carbonyl (C=O) groups excluding carboxylic acids is 1. The van der Waals surface area contributed by atoms with Crippen LogP contribution in [-0.2, 0) is 9.47 Å². The highest BCUT2D eigenvalue weighted by atomic mass is 16.5. The molecular formula is C12H22N2O3. The minimum absolute atomic E-state index is 0.0868. The van der Waals surface area contributed by atoms with Gasteiger partial charge in [0.2, 0.25) is 0 Å². The molecule has 2 amide bonds. The Morgan fingerprint density at radius 3 is 2.88 bits per heavy atom. The third-order valence-electron chi connectivity index (χ3n) is 3.29. The van der Waals surface area contributed by atoms with Gasteiger partial charge in [-0.15, -0.1) is 0 Å². The molecule has 5 nitrogen and oxygen atoms in total. The van der Waals surface area contributed by atoms with E-state index >= 15 is 0 Å². The fraction of sp³-hybridized carbons (Fsp3) is 0.917. The summed E-state index contributed by atoms with van der Waals surface area (Å²) in [5, 5.41) is 5.77. The van der Waals surface area contributed by atoms with Crippen LogP contribution in [0, 0.1) is 0 Å². The monoisotopic (exact) mass is 242 g/mol. The van der Waals surface area contributed by atoms with Crippen molar-refractivity contribution >= 4 is 6.03 Å². The minimum Gasteiger partial charge on any atom is -0.379 e. The van der Waals surface area contributed by atoms with Crippen LogP contribution in [0.2, 0.25) is 0 Å². The van der Waals surface area contributed by atoms with E-state index in [0.717, 1.165) is 32.5 Å². The summed E-state index contributed by atoms with van der Waals surface area (Å²) < 4.78 is 10.8. The Morgan fingerprint density at radius 2 is 2.18 bits per heavy atom. The van der Waals surface area contributed by atoms with Gasteiger partial charge in [0.25, 0.3) is 0 Å².